The van der Waals surface area contributed by atoms with Gasteiger partial charge in [0.25, 0.3) is 0 Å². The van der Waals surface area contributed by atoms with Crippen molar-refractivity contribution in [3.05, 3.63) is 44.9 Å². The van der Waals surface area contributed by atoms with E-state index in [4.69, 9.17) is 9.84 Å². The van der Waals surface area contributed by atoms with Gasteiger partial charge in [0.2, 0.25) is 0 Å². The molecule has 0 saturated heterocycles. The molecule has 106 valence electrons. The fraction of sp³-hybridized carbons (Fsp3) is 0.333. The van der Waals surface area contributed by atoms with Gasteiger partial charge >= 0.3 is 5.97 Å². The lowest BCUT2D eigenvalue weighted by molar-refractivity contribution is -0.136. The van der Waals surface area contributed by atoms with Gasteiger partial charge in [0, 0.05) is 5.38 Å². The minimum atomic E-state index is -0.868. The van der Waals surface area contributed by atoms with E-state index in [0.717, 1.165) is 21.9 Å². The van der Waals surface area contributed by atoms with Crippen LogP contribution >= 0.6 is 11.3 Å². The average molecular weight is 291 g/mol. The maximum atomic E-state index is 10.6. The lowest BCUT2D eigenvalue weighted by Gasteiger charge is -2.11. The largest absolute Gasteiger partial charge is 0.486 e. The van der Waals surface area contributed by atoms with Gasteiger partial charge in [-0.3, -0.25) is 4.79 Å². The van der Waals surface area contributed by atoms with Crippen LogP contribution in [0.2, 0.25) is 0 Å². The second kappa shape index (κ2) is 6.05. The van der Waals surface area contributed by atoms with Crippen LogP contribution in [0.5, 0.6) is 5.75 Å². The Bertz CT molecular complexity index is 634. The number of carbonyl (C=O) groups is 1. The van der Waals surface area contributed by atoms with Crippen molar-refractivity contribution in [3.63, 3.8) is 0 Å². The summed E-state index contributed by atoms with van der Waals surface area (Å²) < 4.78 is 5.80. The van der Waals surface area contributed by atoms with Crippen molar-refractivity contribution in [2.75, 3.05) is 0 Å². The molecule has 2 rings (SSSR count). The molecule has 0 aliphatic heterocycles. The summed E-state index contributed by atoms with van der Waals surface area (Å²) in [6.07, 6.45) is -0.0426. The molecule has 20 heavy (non-hydrogen) atoms. The fourth-order valence-corrected chi connectivity index (χ4v) is 2.65. The molecule has 5 heteroatoms. The zero-order valence-corrected chi connectivity index (χ0v) is 12.6. The Hall–Kier alpha value is -1.88. The molecule has 0 saturated carbocycles. The molecule has 1 heterocycles. The van der Waals surface area contributed by atoms with Crippen molar-refractivity contribution in [2.45, 2.75) is 33.8 Å². The SMILES string of the molecule is Cc1cc(C)c(C)c(OCc2nc(CC(=O)O)cs2)c1. The van der Waals surface area contributed by atoms with Crippen LogP contribution in [0.25, 0.3) is 0 Å². The van der Waals surface area contributed by atoms with Gasteiger partial charge in [0.05, 0.1) is 12.1 Å². The zero-order chi connectivity index (χ0) is 14.7. The van der Waals surface area contributed by atoms with E-state index in [-0.39, 0.29) is 6.42 Å². The van der Waals surface area contributed by atoms with Crippen molar-refractivity contribution in [1.29, 1.82) is 0 Å². The Kier molecular flexibility index (Phi) is 4.39. The number of carboxylic acids is 1. The third kappa shape index (κ3) is 3.57. The third-order valence-electron chi connectivity index (χ3n) is 3.05. The summed E-state index contributed by atoms with van der Waals surface area (Å²) in [6, 6.07) is 4.13. The molecule has 0 atom stereocenters. The second-order valence-electron chi connectivity index (χ2n) is 4.80. The lowest BCUT2D eigenvalue weighted by atomic mass is 10.1. The molecule has 0 unspecified atom stereocenters. The summed E-state index contributed by atoms with van der Waals surface area (Å²) in [6.45, 7) is 6.49. The summed E-state index contributed by atoms with van der Waals surface area (Å²) in [5.74, 6) is -0.00888. The molecule has 1 aromatic carbocycles. The molecular weight excluding hydrogens is 274 g/mol. The van der Waals surface area contributed by atoms with Gasteiger partial charge in [-0.1, -0.05) is 6.07 Å². The number of rotatable bonds is 5. The minimum Gasteiger partial charge on any atom is -0.486 e. The van der Waals surface area contributed by atoms with E-state index in [1.165, 1.54) is 16.9 Å². The molecule has 4 nitrogen and oxygen atoms in total. The zero-order valence-electron chi connectivity index (χ0n) is 11.8. The normalized spacial score (nSPS) is 10.6. The number of hydrogen-bond acceptors (Lipinski definition) is 4. The number of thiazole rings is 1. The van der Waals surface area contributed by atoms with Gasteiger partial charge in [-0.2, -0.15) is 0 Å². The van der Waals surface area contributed by atoms with E-state index >= 15 is 0 Å². The highest BCUT2D eigenvalue weighted by Gasteiger charge is 2.08. The number of aliphatic carboxylic acids is 1. The van der Waals surface area contributed by atoms with E-state index in [9.17, 15) is 4.79 Å². The van der Waals surface area contributed by atoms with E-state index in [1.54, 1.807) is 5.38 Å². The molecule has 0 aliphatic carbocycles. The van der Waals surface area contributed by atoms with Crippen molar-refractivity contribution < 1.29 is 14.6 Å². The van der Waals surface area contributed by atoms with Gasteiger partial charge in [-0.25, -0.2) is 4.98 Å². The molecule has 0 amide bonds. The maximum absolute atomic E-state index is 10.6. The summed E-state index contributed by atoms with van der Waals surface area (Å²) in [5, 5.41) is 11.3. The topological polar surface area (TPSA) is 59.4 Å². The van der Waals surface area contributed by atoms with Gasteiger partial charge in [-0.05, 0) is 43.5 Å². The van der Waals surface area contributed by atoms with Crippen LogP contribution in [0.1, 0.15) is 27.4 Å². The Morgan fingerprint density at radius 3 is 2.80 bits per heavy atom. The number of aryl methyl sites for hydroxylation is 2. The predicted molar refractivity (Wildman–Crippen MR) is 78.4 cm³/mol. The molecule has 0 aliphatic rings. The number of benzene rings is 1. The van der Waals surface area contributed by atoms with E-state index in [2.05, 4.69) is 18.0 Å². The van der Waals surface area contributed by atoms with Crippen LogP contribution in [0, 0.1) is 20.8 Å². The van der Waals surface area contributed by atoms with E-state index in [1.807, 2.05) is 19.9 Å². The maximum Gasteiger partial charge on any atom is 0.309 e. The quantitative estimate of drug-likeness (QED) is 0.918. The summed E-state index contributed by atoms with van der Waals surface area (Å²) in [5.41, 5.74) is 4.07. The average Bonchev–Trinajstić information content (AvgIpc) is 2.78. The summed E-state index contributed by atoms with van der Waals surface area (Å²) >= 11 is 1.43. The monoisotopic (exact) mass is 291 g/mol. The third-order valence-corrected chi connectivity index (χ3v) is 3.92. The lowest BCUT2D eigenvalue weighted by Crippen LogP contribution is -2.02. The molecule has 0 radical (unpaired) electrons. The summed E-state index contributed by atoms with van der Waals surface area (Å²) in [7, 11) is 0. The first-order valence-corrected chi connectivity index (χ1v) is 7.19. The number of nitrogens with zero attached hydrogens (tertiary/aromatic N) is 1. The highest BCUT2D eigenvalue weighted by molar-refractivity contribution is 7.09. The standard InChI is InChI=1S/C15H17NO3S/c1-9-4-10(2)11(3)13(5-9)19-7-14-16-12(8-20-14)6-15(17)18/h4-5,8H,6-7H2,1-3H3,(H,17,18). The van der Waals surface area contributed by atoms with Gasteiger partial charge in [-0.15, -0.1) is 11.3 Å². The molecule has 2 aromatic rings. The fourth-order valence-electron chi connectivity index (χ4n) is 1.94. The Labute approximate surface area is 122 Å². The highest BCUT2D eigenvalue weighted by atomic mass is 32.1. The van der Waals surface area contributed by atoms with Gasteiger partial charge in [0.1, 0.15) is 17.4 Å². The first-order chi connectivity index (χ1) is 9.45. The molecular formula is C15H17NO3S. The Morgan fingerprint density at radius 1 is 1.35 bits per heavy atom. The van der Waals surface area contributed by atoms with Gasteiger partial charge in [0.15, 0.2) is 0 Å². The molecule has 1 N–H and O–H groups in total. The van der Waals surface area contributed by atoms with Gasteiger partial charge < -0.3 is 9.84 Å². The highest BCUT2D eigenvalue weighted by Crippen LogP contribution is 2.24. The van der Waals surface area contributed by atoms with Crippen molar-refractivity contribution in [1.82, 2.24) is 4.98 Å². The van der Waals surface area contributed by atoms with Crippen molar-refractivity contribution >= 4 is 17.3 Å². The molecule has 1 aromatic heterocycles. The second-order valence-corrected chi connectivity index (χ2v) is 5.74. The van der Waals surface area contributed by atoms with Crippen LogP contribution in [0.4, 0.5) is 0 Å². The van der Waals surface area contributed by atoms with Crippen molar-refractivity contribution in [2.24, 2.45) is 0 Å². The van der Waals surface area contributed by atoms with Crippen molar-refractivity contribution in [3.8, 4) is 5.75 Å². The van der Waals surface area contributed by atoms with Crippen LogP contribution in [0.15, 0.2) is 17.5 Å². The minimum absolute atomic E-state index is 0.0426. The Morgan fingerprint density at radius 2 is 2.10 bits per heavy atom. The number of hydrogen-bond donors (Lipinski definition) is 1. The first-order valence-electron chi connectivity index (χ1n) is 6.31. The van der Waals surface area contributed by atoms with Crippen LogP contribution in [-0.4, -0.2) is 16.1 Å². The molecule has 0 fully saturated rings. The summed E-state index contributed by atoms with van der Waals surface area (Å²) in [4.78, 5) is 14.9. The van der Waals surface area contributed by atoms with Crippen LogP contribution < -0.4 is 4.74 Å². The number of carboxylic acid groups (broad SMARTS) is 1. The van der Waals surface area contributed by atoms with E-state index in [0.29, 0.717) is 12.3 Å². The smallest absolute Gasteiger partial charge is 0.309 e. The first kappa shape index (κ1) is 14.5. The number of aromatic nitrogens is 1. The van der Waals surface area contributed by atoms with Crippen LogP contribution in [-0.2, 0) is 17.8 Å². The van der Waals surface area contributed by atoms with E-state index < -0.39 is 5.97 Å². The molecule has 0 spiro atoms. The van der Waals surface area contributed by atoms with Crippen LogP contribution in [0.3, 0.4) is 0 Å². The number of ether oxygens (including phenoxy) is 1. The predicted octanol–water partition coefficient (Wildman–Crippen LogP) is 3.27. The Balaban J connectivity index is 2.05. The molecule has 0 bridgehead atoms.